The van der Waals surface area contributed by atoms with Crippen molar-refractivity contribution in [2.24, 2.45) is 28.7 Å². The maximum atomic E-state index is 14.2. The summed E-state index contributed by atoms with van der Waals surface area (Å²) in [5, 5.41) is 68.7. The number of aromatic hydroxyl groups is 7. The van der Waals surface area contributed by atoms with Crippen LogP contribution in [0.3, 0.4) is 0 Å². The fraction of sp³-hybridized carbons (Fsp3) is 0.187. The first-order chi connectivity index (χ1) is 56.0. The molecule has 15 rings (SSSR count). The van der Waals surface area contributed by atoms with E-state index in [4.69, 9.17) is 96.0 Å². The summed E-state index contributed by atoms with van der Waals surface area (Å²) in [7, 11) is 0. The maximum Gasteiger partial charge on any atom is 0.339 e. The van der Waals surface area contributed by atoms with Crippen LogP contribution in [0.4, 0.5) is 8.78 Å². The second-order valence-corrected chi connectivity index (χ2v) is 28.0. The van der Waals surface area contributed by atoms with Crippen molar-refractivity contribution in [3.8, 4) is 69.0 Å². The number of halogens is 5. The fourth-order valence-corrected chi connectivity index (χ4v) is 13.3. The molecule has 0 bridgehead atoms. The highest BCUT2D eigenvalue weighted by molar-refractivity contribution is 6.34. The number of nitrogens with two attached hydrogens (primary N) is 5. The van der Waals surface area contributed by atoms with Crippen molar-refractivity contribution in [1.82, 2.24) is 0 Å². The molecule has 5 aliphatic heterocycles. The summed E-state index contributed by atoms with van der Waals surface area (Å²) in [6, 6.07) is 36.2. The van der Waals surface area contributed by atoms with E-state index in [0.29, 0.717) is 160 Å². The average Bonchev–Trinajstić information content (AvgIpc) is 0.765. The lowest BCUT2D eigenvalue weighted by atomic mass is 9.93. The van der Waals surface area contributed by atoms with Gasteiger partial charge in [-0.2, -0.15) is 0 Å². The molecule has 2 aromatic heterocycles. The van der Waals surface area contributed by atoms with Gasteiger partial charge in [0.25, 0.3) is 0 Å². The number of allylic oxidation sites excluding steroid dienone is 5. The van der Waals surface area contributed by atoms with E-state index in [-0.39, 0.29) is 55.8 Å². The van der Waals surface area contributed by atoms with E-state index >= 15 is 0 Å². The Bertz CT molecular complexity index is 5620. The lowest BCUT2D eigenvalue weighted by Gasteiger charge is -2.23. The third-order valence-electron chi connectivity index (χ3n) is 18.0. The third kappa shape index (κ3) is 23.1. The van der Waals surface area contributed by atoms with E-state index in [9.17, 15) is 54.1 Å². The summed E-state index contributed by atoms with van der Waals surface area (Å²) < 4.78 is 64.9. The summed E-state index contributed by atoms with van der Waals surface area (Å²) in [6.45, 7) is 25.3. The summed E-state index contributed by atoms with van der Waals surface area (Å²) in [6.07, 6.45) is 16.0. The van der Waals surface area contributed by atoms with Crippen LogP contribution in [0.15, 0.2) is 244 Å². The topological polar surface area (TPSA) is 378 Å². The molecule has 8 aromatic carbocycles. The predicted octanol–water partition coefficient (Wildman–Crippen LogP) is 18.9. The predicted molar refractivity (Wildman–Crippen MR) is 458 cm³/mol. The first kappa shape index (κ1) is 88.7. The quantitative estimate of drug-likeness (QED) is 0.0400. The average molecular weight is 1650 g/mol. The zero-order chi connectivity index (χ0) is 84.9. The van der Waals surface area contributed by atoms with E-state index in [0.717, 1.165) is 99.4 Å². The highest BCUT2D eigenvalue weighted by Gasteiger charge is 2.27. The van der Waals surface area contributed by atoms with Crippen LogP contribution in [0.5, 0.6) is 69.0 Å². The Morgan fingerprint density at radius 1 is 0.385 bits per heavy atom. The van der Waals surface area contributed by atoms with Crippen molar-refractivity contribution < 1.29 is 77.0 Å². The van der Waals surface area contributed by atoms with Crippen LogP contribution in [-0.4, -0.2) is 68.5 Å². The zero-order valence-electron chi connectivity index (χ0n) is 64.3. The van der Waals surface area contributed by atoms with Gasteiger partial charge in [-0.25, -0.2) is 18.4 Å². The minimum absolute atomic E-state index is 0.00205. The monoisotopic (exact) mass is 1650 g/mol. The van der Waals surface area contributed by atoms with E-state index in [1.165, 1.54) is 36.4 Å². The summed E-state index contributed by atoms with van der Waals surface area (Å²) >= 11 is 17.6. The Hall–Kier alpha value is -12.3. The number of aryl methyl sites for hydroxylation is 2. The molecule has 0 aliphatic carbocycles. The first-order valence-electron chi connectivity index (χ1n) is 37.1. The van der Waals surface area contributed by atoms with E-state index in [1.807, 2.05) is 74.5 Å². The van der Waals surface area contributed by atoms with Crippen molar-refractivity contribution >= 4 is 84.6 Å². The molecule has 26 heteroatoms. The number of benzene rings is 8. The molecule has 0 spiro atoms. The molecule has 0 amide bonds. The molecular formula is C91H90Cl3F2N5O16. The summed E-state index contributed by atoms with van der Waals surface area (Å²) in [5.41, 5.74) is 39.4. The fourth-order valence-electron chi connectivity index (χ4n) is 12.7. The van der Waals surface area contributed by atoms with Gasteiger partial charge in [-0.3, -0.25) is 0 Å². The Morgan fingerprint density at radius 3 is 1.34 bits per heavy atom. The van der Waals surface area contributed by atoms with Gasteiger partial charge in [0.1, 0.15) is 96.7 Å². The van der Waals surface area contributed by atoms with Crippen molar-refractivity contribution in [2.45, 2.75) is 78.1 Å². The minimum Gasteiger partial charge on any atom is -0.508 e. The Labute approximate surface area is 689 Å². The molecule has 0 fully saturated rings. The molecule has 5 aliphatic rings. The lowest BCUT2D eigenvalue weighted by Crippen LogP contribution is -2.10. The van der Waals surface area contributed by atoms with E-state index < -0.39 is 17.4 Å². The second kappa shape index (κ2) is 41.3. The molecule has 0 unspecified atom stereocenters. The van der Waals surface area contributed by atoms with Gasteiger partial charge < -0.3 is 96.9 Å². The number of ether oxygens (including phenoxy) is 5. The largest absolute Gasteiger partial charge is 0.508 e. The van der Waals surface area contributed by atoms with Gasteiger partial charge in [-0.15, -0.1) is 0 Å². The van der Waals surface area contributed by atoms with Crippen LogP contribution < -0.4 is 63.6 Å². The number of phenols is 7. The molecular weight excluding hydrogens is 1560 g/mol. The summed E-state index contributed by atoms with van der Waals surface area (Å²) in [5.74, 6) is 3.16. The SMILES string of the molecule is C=C1C=C(CCN)c2cc(Cl)c(O)cc2O1.C=C1C=C(CCN)c2cc(F)c(O)c(Cc3ccccc3)c2O1.C=C1C=C(CCN)c2cc(F)c(O)cc2O1.C=C1C=C(CCN)c2ccc(O)c(Cl)c2O1.C=C1C=C(CCN)c2ccc(O)cc2O1.CCCc1cc2cc(Cl)c(O)cc2oc1=O.CCCc1cc2ccc(O)cc2oc1=O. The van der Waals surface area contributed by atoms with E-state index in [1.54, 1.807) is 66.7 Å². The van der Waals surface area contributed by atoms with Crippen LogP contribution in [0, 0.1) is 11.6 Å². The van der Waals surface area contributed by atoms with Crippen molar-refractivity contribution in [3.63, 3.8) is 0 Å². The molecule has 0 saturated carbocycles. The van der Waals surface area contributed by atoms with Crippen LogP contribution >= 0.6 is 34.8 Å². The van der Waals surface area contributed by atoms with E-state index in [2.05, 4.69) is 32.9 Å². The highest BCUT2D eigenvalue weighted by atomic mass is 35.5. The van der Waals surface area contributed by atoms with Crippen molar-refractivity contribution in [3.05, 3.63) is 323 Å². The van der Waals surface area contributed by atoms with Gasteiger partial charge in [0.05, 0.1) is 10.0 Å². The van der Waals surface area contributed by atoms with Crippen LogP contribution in [0.25, 0.3) is 49.8 Å². The molecule has 610 valence electrons. The zero-order valence-corrected chi connectivity index (χ0v) is 66.6. The van der Waals surface area contributed by atoms with Gasteiger partial charge in [-0.1, -0.05) is 125 Å². The molecule has 21 nitrogen and oxygen atoms in total. The number of phenolic OH excluding ortho intramolecular Hbond substituents is 7. The Kier molecular flexibility index (Phi) is 31.3. The van der Waals surface area contributed by atoms with Gasteiger partial charge >= 0.3 is 11.3 Å². The molecule has 0 atom stereocenters. The summed E-state index contributed by atoms with van der Waals surface area (Å²) in [4.78, 5) is 23.0. The van der Waals surface area contributed by atoms with Crippen molar-refractivity contribution in [1.29, 1.82) is 0 Å². The molecule has 117 heavy (non-hydrogen) atoms. The standard InChI is InChI=1S/C19H18FNO2.2C12H12ClNO2.C12H11ClO3.C12H12FNO2.C12H13NO2.C12H12O3/c1-12-9-14(7-8-21)15-11-17(20)18(22)16(19(15)23-12)10-13-5-3-2-4-6-13;1-7-4-8(2-3-14)9-5-10(13)11(15)6-12(9)16-7;1-7-6-8(4-5-14)9-2-3-10(15)11(13)12(9)16-7;1-2-3-7-4-8-5-9(13)10(14)6-11(8)16-12(7)15;1-7-4-8(2-3-14)9-5-10(13)11(15)6-12(9)16-7;1-8-6-9(4-5-13)11-3-2-10(14)7-12(11)15-8;1-2-3-9-6-8-4-5-10(13)7-11(8)15-12(9)14/h2-6,9,11,22H,1,7-8,10,21H2;4-6,15H,1-3,14H2;2-3,6,15H,1,4-5,14H2;4-6,14H,2-3H2,1H3;4-6,15H,1-3,14H2;2-3,6-7,14H,1,4-5,13H2;4-7,13H,2-3H2,1H3. The van der Waals surface area contributed by atoms with Gasteiger partial charge in [0, 0.05) is 92.0 Å². The maximum absolute atomic E-state index is 14.2. The number of hydrogen-bond donors (Lipinski definition) is 12. The minimum atomic E-state index is -0.669. The van der Waals surface area contributed by atoms with Crippen LogP contribution in [0.1, 0.15) is 109 Å². The van der Waals surface area contributed by atoms with Crippen LogP contribution in [-0.2, 0) is 19.3 Å². The molecule has 10 aromatic rings. The highest BCUT2D eigenvalue weighted by Crippen LogP contribution is 2.47. The molecule has 7 heterocycles. The van der Waals surface area contributed by atoms with Gasteiger partial charge in [0.15, 0.2) is 28.9 Å². The molecule has 0 radical (unpaired) electrons. The van der Waals surface area contributed by atoms with Crippen LogP contribution in [0.2, 0.25) is 15.1 Å². The number of rotatable bonds is 16. The third-order valence-corrected chi connectivity index (χ3v) is 19.0. The Balaban J connectivity index is 0.000000157. The lowest BCUT2D eigenvalue weighted by molar-refractivity contribution is 0.401. The smallest absolute Gasteiger partial charge is 0.339 e. The first-order valence-corrected chi connectivity index (χ1v) is 38.2. The van der Waals surface area contributed by atoms with Crippen molar-refractivity contribution in [2.75, 3.05) is 32.7 Å². The Morgan fingerprint density at radius 2 is 0.803 bits per heavy atom. The molecule has 17 N–H and O–H groups in total. The normalized spacial score (nSPS) is 13.1. The van der Waals surface area contributed by atoms with Gasteiger partial charge in [0.2, 0.25) is 0 Å². The molecule has 0 saturated heterocycles. The van der Waals surface area contributed by atoms with Gasteiger partial charge in [-0.05, 0) is 214 Å². The number of fused-ring (bicyclic) bond motifs is 7. The number of hydrogen-bond acceptors (Lipinski definition) is 21. The second-order valence-electron chi connectivity index (χ2n) is 26.8.